The first-order valence-corrected chi connectivity index (χ1v) is 10.6. The molecule has 0 bridgehead atoms. The molecule has 0 unspecified atom stereocenters. The van der Waals surface area contributed by atoms with Crippen LogP contribution in [0.25, 0.3) is 0 Å². The van der Waals surface area contributed by atoms with Crippen molar-refractivity contribution in [3.63, 3.8) is 0 Å². The first kappa shape index (κ1) is 17.4. The normalized spacial score (nSPS) is 10.8. The molecule has 0 spiro atoms. The maximum absolute atomic E-state index is 2.50. The van der Waals surface area contributed by atoms with Crippen molar-refractivity contribution >= 4 is 46.8 Å². The van der Waals surface area contributed by atoms with E-state index < -0.39 is 7.92 Å². The van der Waals surface area contributed by atoms with Crippen LogP contribution >= 0.6 is 30.5 Å². The SMILES string of the molecule is CN(C)c1cccc(CP(c2ccccc2)c2ccccc2)c1I. The molecule has 0 atom stereocenters. The molecule has 0 N–H and O–H groups in total. The van der Waals surface area contributed by atoms with Crippen LogP contribution < -0.4 is 15.5 Å². The molecule has 0 saturated heterocycles. The number of hydrogen-bond acceptors (Lipinski definition) is 1. The van der Waals surface area contributed by atoms with Gasteiger partial charge in [0.2, 0.25) is 0 Å². The molecule has 122 valence electrons. The average Bonchev–Trinajstić information content (AvgIpc) is 2.62. The Morgan fingerprint density at radius 3 is 1.79 bits per heavy atom. The summed E-state index contributed by atoms with van der Waals surface area (Å²) in [7, 11) is 3.82. The average molecular weight is 445 g/mol. The van der Waals surface area contributed by atoms with Crippen LogP contribution in [0.2, 0.25) is 0 Å². The van der Waals surface area contributed by atoms with Crippen molar-refractivity contribution in [1.29, 1.82) is 0 Å². The fourth-order valence-electron chi connectivity index (χ4n) is 2.75. The highest BCUT2D eigenvalue weighted by molar-refractivity contribution is 14.1. The summed E-state index contributed by atoms with van der Waals surface area (Å²) in [4.78, 5) is 2.19. The van der Waals surface area contributed by atoms with Crippen LogP contribution in [0.5, 0.6) is 0 Å². The van der Waals surface area contributed by atoms with Crippen LogP contribution in [0.1, 0.15) is 5.56 Å². The predicted octanol–water partition coefficient (Wildman–Crippen LogP) is 4.99. The van der Waals surface area contributed by atoms with E-state index in [-0.39, 0.29) is 0 Å². The zero-order valence-corrected chi connectivity index (χ0v) is 17.0. The van der Waals surface area contributed by atoms with Crippen LogP contribution in [0, 0.1) is 3.57 Å². The summed E-state index contributed by atoms with van der Waals surface area (Å²) in [6, 6.07) is 28.5. The molecule has 0 aromatic heterocycles. The van der Waals surface area contributed by atoms with Crippen LogP contribution in [0.15, 0.2) is 78.9 Å². The van der Waals surface area contributed by atoms with Crippen molar-refractivity contribution in [2.75, 3.05) is 19.0 Å². The van der Waals surface area contributed by atoms with Gasteiger partial charge in [0, 0.05) is 29.5 Å². The highest BCUT2D eigenvalue weighted by Crippen LogP contribution is 2.40. The minimum absolute atomic E-state index is 0.398. The maximum Gasteiger partial charge on any atom is 0.0499 e. The van der Waals surface area contributed by atoms with E-state index in [1.54, 1.807) is 0 Å². The van der Waals surface area contributed by atoms with Gasteiger partial charge >= 0.3 is 0 Å². The van der Waals surface area contributed by atoms with Crippen molar-refractivity contribution in [1.82, 2.24) is 0 Å². The van der Waals surface area contributed by atoms with Gasteiger partial charge < -0.3 is 4.90 Å². The Bertz CT molecular complexity index is 748. The molecule has 0 amide bonds. The fourth-order valence-corrected chi connectivity index (χ4v) is 6.42. The minimum atomic E-state index is -0.398. The first-order valence-electron chi connectivity index (χ1n) is 7.99. The zero-order valence-electron chi connectivity index (χ0n) is 14.0. The Kier molecular flexibility index (Phi) is 5.91. The molecule has 3 heteroatoms. The lowest BCUT2D eigenvalue weighted by molar-refractivity contribution is 1.11. The Labute approximate surface area is 159 Å². The van der Waals surface area contributed by atoms with Crippen molar-refractivity contribution in [2.45, 2.75) is 6.16 Å². The van der Waals surface area contributed by atoms with Gasteiger partial charge in [0.25, 0.3) is 0 Å². The third kappa shape index (κ3) is 3.99. The van der Waals surface area contributed by atoms with E-state index in [0.717, 1.165) is 6.16 Å². The van der Waals surface area contributed by atoms with Crippen LogP contribution in [-0.2, 0) is 6.16 Å². The number of hydrogen-bond donors (Lipinski definition) is 0. The summed E-state index contributed by atoms with van der Waals surface area (Å²) in [6.45, 7) is 0. The van der Waals surface area contributed by atoms with Gasteiger partial charge in [-0.15, -0.1) is 0 Å². The monoisotopic (exact) mass is 445 g/mol. The van der Waals surface area contributed by atoms with Crippen LogP contribution in [0.3, 0.4) is 0 Å². The molecule has 0 fully saturated rings. The number of anilines is 1. The van der Waals surface area contributed by atoms with Gasteiger partial charge in [-0.25, -0.2) is 0 Å². The molecule has 0 heterocycles. The maximum atomic E-state index is 2.50. The molecular formula is C21H21INP. The number of halogens is 1. The van der Waals surface area contributed by atoms with Crippen molar-refractivity contribution in [2.24, 2.45) is 0 Å². The van der Waals surface area contributed by atoms with Crippen molar-refractivity contribution in [3.05, 3.63) is 88.0 Å². The van der Waals surface area contributed by atoms with Gasteiger partial charge in [-0.05, 0) is 52.8 Å². The second-order valence-corrected chi connectivity index (χ2v) is 9.19. The smallest absolute Gasteiger partial charge is 0.0499 e. The van der Waals surface area contributed by atoms with Crippen molar-refractivity contribution < 1.29 is 0 Å². The summed E-state index contributed by atoms with van der Waals surface area (Å²) >= 11 is 2.50. The van der Waals surface area contributed by atoms with Gasteiger partial charge in [-0.2, -0.15) is 0 Å². The molecule has 0 saturated carbocycles. The number of nitrogens with zero attached hydrogens (tertiary/aromatic N) is 1. The zero-order chi connectivity index (χ0) is 16.9. The second-order valence-electron chi connectivity index (χ2n) is 5.90. The van der Waals surface area contributed by atoms with E-state index in [0.29, 0.717) is 0 Å². The molecule has 3 rings (SSSR count). The topological polar surface area (TPSA) is 3.24 Å². The third-order valence-corrected chi connectivity index (χ3v) is 7.75. The quantitative estimate of drug-likeness (QED) is 0.395. The summed E-state index contributed by atoms with van der Waals surface area (Å²) in [5.41, 5.74) is 2.73. The molecule has 0 aliphatic heterocycles. The van der Waals surface area contributed by atoms with Gasteiger partial charge in [0.1, 0.15) is 0 Å². The first-order chi connectivity index (χ1) is 11.7. The molecular weight excluding hydrogens is 424 g/mol. The standard InChI is InChI=1S/C21H21INP/c1-23(2)20-15-9-10-17(21(20)22)16-24(18-11-5-3-6-12-18)19-13-7-4-8-14-19/h3-15H,16H2,1-2H3. The summed E-state index contributed by atoms with van der Waals surface area (Å²) in [6.07, 6.45) is 1.07. The second kappa shape index (κ2) is 8.13. The van der Waals surface area contributed by atoms with E-state index in [1.807, 2.05) is 0 Å². The lowest BCUT2D eigenvalue weighted by atomic mass is 10.2. The Balaban J connectivity index is 2.01. The molecule has 0 aliphatic rings. The summed E-state index contributed by atoms with van der Waals surface area (Å²) < 4.78 is 1.36. The minimum Gasteiger partial charge on any atom is -0.377 e. The Hall–Kier alpha value is -1.38. The highest BCUT2D eigenvalue weighted by atomic mass is 127. The lowest BCUT2D eigenvalue weighted by Gasteiger charge is -2.22. The summed E-state index contributed by atoms with van der Waals surface area (Å²) in [5.74, 6) is 0. The number of benzene rings is 3. The predicted molar refractivity (Wildman–Crippen MR) is 116 cm³/mol. The molecule has 0 aliphatic carbocycles. The van der Waals surface area contributed by atoms with E-state index in [1.165, 1.54) is 25.4 Å². The van der Waals surface area contributed by atoms with Gasteiger partial charge in [-0.1, -0.05) is 72.8 Å². The Morgan fingerprint density at radius 2 is 1.29 bits per heavy atom. The van der Waals surface area contributed by atoms with E-state index >= 15 is 0 Å². The molecule has 0 radical (unpaired) electrons. The largest absolute Gasteiger partial charge is 0.377 e. The lowest BCUT2D eigenvalue weighted by Crippen LogP contribution is -2.15. The van der Waals surface area contributed by atoms with Crippen LogP contribution in [-0.4, -0.2) is 14.1 Å². The van der Waals surface area contributed by atoms with E-state index in [9.17, 15) is 0 Å². The highest BCUT2D eigenvalue weighted by Gasteiger charge is 2.17. The van der Waals surface area contributed by atoms with E-state index in [2.05, 4.69) is 120 Å². The van der Waals surface area contributed by atoms with Gasteiger partial charge in [0.05, 0.1) is 0 Å². The molecule has 24 heavy (non-hydrogen) atoms. The van der Waals surface area contributed by atoms with E-state index in [4.69, 9.17) is 0 Å². The summed E-state index contributed by atoms with van der Waals surface area (Å²) in [5, 5.41) is 2.87. The fraction of sp³-hybridized carbons (Fsp3) is 0.143. The van der Waals surface area contributed by atoms with Gasteiger partial charge in [0.15, 0.2) is 0 Å². The Morgan fingerprint density at radius 1 is 0.750 bits per heavy atom. The van der Waals surface area contributed by atoms with Crippen LogP contribution in [0.4, 0.5) is 5.69 Å². The third-order valence-electron chi connectivity index (χ3n) is 4.00. The number of rotatable bonds is 5. The molecule has 3 aromatic rings. The van der Waals surface area contributed by atoms with Crippen molar-refractivity contribution in [3.8, 4) is 0 Å². The molecule has 1 nitrogen and oxygen atoms in total. The van der Waals surface area contributed by atoms with Gasteiger partial charge in [-0.3, -0.25) is 0 Å². The molecule has 3 aromatic carbocycles.